The standard InChI is InChI=1S/C9H20N4/c1-13-5-4-12-9(13)7-2-3-11-6-8(7)10/h7-9,11-12H,2-6,10H2,1H3. The normalized spacial score (nSPS) is 42.5. The van der Waals surface area contributed by atoms with Gasteiger partial charge < -0.3 is 16.4 Å². The fraction of sp³-hybridized carbons (Fsp3) is 1.00. The van der Waals surface area contributed by atoms with Gasteiger partial charge in [-0.2, -0.15) is 0 Å². The van der Waals surface area contributed by atoms with Crippen LogP contribution in [0.2, 0.25) is 0 Å². The van der Waals surface area contributed by atoms with E-state index in [0.29, 0.717) is 18.1 Å². The first-order chi connectivity index (χ1) is 6.29. The van der Waals surface area contributed by atoms with Crippen molar-refractivity contribution in [3.05, 3.63) is 0 Å². The van der Waals surface area contributed by atoms with Gasteiger partial charge in [-0.25, -0.2) is 0 Å². The van der Waals surface area contributed by atoms with Crippen molar-refractivity contribution in [3.63, 3.8) is 0 Å². The molecule has 3 unspecified atom stereocenters. The third kappa shape index (κ3) is 1.86. The highest BCUT2D eigenvalue weighted by molar-refractivity contribution is 4.91. The van der Waals surface area contributed by atoms with Crippen LogP contribution in [0.15, 0.2) is 0 Å². The fourth-order valence-electron chi connectivity index (χ4n) is 2.46. The summed E-state index contributed by atoms with van der Waals surface area (Å²) in [6.45, 7) is 4.35. The lowest BCUT2D eigenvalue weighted by Crippen LogP contribution is -2.55. The average molecular weight is 184 g/mol. The van der Waals surface area contributed by atoms with E-state index in [1.54, 1.807) is 0 Å². The third-order valence-corrected chi connectivity index (χ3v) is 3.28. The van der Waals surface area contributed by atoms with Gasteiger partial charge in [-0.3, -0.25) is 4.90 Å². The number of likely N-dealkylation sites (N-methyl/N-ethyl adjacent to an activating group) is 1. The van der Waals surface area contributed by atoms with Gasteiger partial charge in [-0.05, 0) is 20.0 Å². The number of piperidine rings is 1. The first-order valence-corrected chi connectivity index (χ1v) is 5.19. The highest BCUT2D eigenvalue weighted by Gasteiger charge is 2.33. The summed E-state index contributed by atoms with van der Waals surface area (Å²) in [7, 11) is 2.18. The molecule has 3 atom stereocenters. The van der Waals surface area contributed by atoms with Crippen molar-refractivity contribution >= 4 is 0 Å². The Morgan fingerprint density at radius 1 is 1.38 bits per heavy atom. The Bertz CT molecular complexity index is 173. The molecular weight excluding hydrogens is 164 g/mol. The van der Waals surface area contributed by atoms with Crippen molar-refractivity contribution in [3.8, 4) is 0 Å². The zero-order chi connectivity index (χ0) is 9.26. The predicted molar refractivity (Wildman–Crippen MR) is 53.4 cm³/mol. The smallest absolute Gasteiger partial charge is 0.0640 e. The maximum absolute atomic E-state index is 6.09. The van der Waals surface area contributed by atoms with Crippen molar-refractivity contribution in [2.45, 2.75) is 18.6 Å². The van der Waals surface area contributed by atoms with Crippen LogP contribution in [0.3, 0.4) is 0 Å². The molecule has 4 nitrogen and oxygen atoms in total. The summed E-state index contributed by atoms with van der Waals surface area (Å²) in [6.07, 6.45) is 1.71. The molecule has 2 saturated heterocycles. The van der Waals surface area contributed by atoms with Gasteiger partial charge in [-0.15, -0.1) is 0 Å². The van der Waals surface area contributed by atoms with E-state index in [1.165, 1.54) is 6.42 Å². The summed E-state index contributed by atoms with van der Waals surface area (Å²) in [4.78, 5) is 2.38. The first kappa shape index (κ1) is 9.40. The van der Waals surface area contributed by atoms with Crippen molar-refractivity contribution in [1.82, 2.24) is 15.5 Å². The van der Waals surface area contributed by atoms with Crippen molar-refractivity contribution < 1.29 is 0 Å². The molecule has 2 aliphatic rings. The topological polar surface area (TPSA) is 53.3 Å². The van der Waals surface area contributed by atoms with Gasteiger partial charge in [-0.1, -0.05) is 0 Å². The molecule has 13 heavy (non-hydrogen) atoms. The van der Waals surface area contributed by atoms with Crippen LogP contribution in [-0.4, -0.2) is 50.3 Å². The number of nitrogens with two attached hydrogens (primary N) is 1. The van der Waals surface area contributed by atoms with Crippen LogP contribution >= 0.6 is 0 Å². The van der Waals surface area contributed by atoms with Gasteiger partial charge in [0.25, 0.3) is 0 Å². The van der Waals surface area contributed by atoms with Crippen LogP contribution in [0, 0.1) is 5.92 Å². The first-order valence-electron chi connectivity index (χ1n) is 5.19. The van der Waals surface area contributed by atoms with Crippen LogP contribution in [-0.2, 0) is 0 Å². The van der Waals surface area contributed by atoms with E-state index in [4.69, 9.17) is 5.73 Å². The summed E-state index contributed by atoms with van der Waals surface area (Å²) in [5, 5.41) is 6.86. The van der Waals surface area contributed by atoms with Crippen LogP contribution in [0.25, 0.3) is 0 Å². The van der Waals surface area contributed by atoms with E-state index in [1.807, 2.05) is 0 Å². The lowest BCUT2D eigenvalue weighted by molar-refractivity contribution is 0.157. The molecule has 2 fully saturated rings. The summed E-state index contributed by atoms with van der Waals surface area (Å²) < 4.78 is 0. The van der Waals surface area contributed by atoms with Crippen LogP contribution in [0.4, 0.5) is 0 Å². The number of hydrogen-bond acceptors (Lipinski definition) is 4. The Labute approximate surface area is 79.8 Å². The van der Waals surface area contributed by atoms with Crippen LogP contribution in [0.5, 0.6) is 0 Å². The number of nitrogens with one attached hydrogen (secondary N) is 2. The third-order valence-electron chi connectivity index (χ3n) is 3.28. The van der Waals surface area contributed by atoms with Crippen molar-refractivity contribution in [1.29, 1.82) is 0 Å². The van der Waals surface area contributed by atoms with Gasteiger partial charge in [0.15, 0.2) is 0 Å². The molecule has 76 valence electrons. The average Bonchev–Trinajstić information content (AvgIpc) is 2.52. The number of rotatable bonds is 1. The molecular formula is C9H20N4. The number of hydrogen-bond donors (Lipinski definition) is 3. The molecule has 2 rings (SSSR count). The van der Waals surface area contributed by atoms with E-state index in [-0.39, 0.29) is 0 Å². The zero-order valence-electron chi connectivity index (χ0n) is 8.29. The van der Waals surface area contributed by atoms with Gasteiger partial charge >= 0.3 is 0 Å². The molecule has 0 saturated carbocycles. The lowest BCUT2D eigenvalue weighted by Gasteiger charge is -2.36. The van der Waals surface area contributed by atoms with Gasteiger partial charge in [0.05, 0.1) is 6.17 Å². The van der Waals surface area contributed by atoms with Crippen molar-refractivity contribution in [2.24, 2.45) is 11.7 Å². The minimum absolute atomic E-state index is 0.312. The zero-order valence-corrected chi connectivity index (χ0v) is 8.29. The Kier molecular flexibility index (Phi) is 2.83. The Hall–Kier alpha value is -0.160. The monoisotopic (exact) mass is 184 g/mol. The predicted octanol–water partition coefficient (Wildman–Crippen LogP) is -1.22. The molecule has 2 aliphatic heterocycles. The van der Waals surface area contributed by atoms with Gasteiger partial charge in [0.1, 0.15) is 0 Å². The molecule has 0 aromatic rings. The second-order valence-electron chi connectivity index (χ2n) is 4.20. The summed E-state index contributed by atoms with van der Waals surface area (Å²) in [5.74, 6) is 0.619. The largest absolute Gasteiger partial charge is 0.326 e. The molecule has 0 bridgehead atoms. The number of nitrogens with zero attached hydrogens (tertiary/aromatic N) is 1. The quantitative estimate of drug-likeness (QED) is 0.478. The molecule has 2 heterocycles. The molecule has 0 aliphatic carbocycles. The molecule has 0 spiro atoms. The fourth-order valence-corrected chi connectivity index (χ4v) is 2.46. The molecule has 0 aromatic heterocycles. The molecule has 4 N–H and O–H groups in total. The van der Waals surface area contributed by atoms with Crippen molar-refractivity contribution in [2.75, 3.05) is 33.2 Å². The SMILES string of the molecule is CN1CCNC1C1CCNCC1N. The Morgan fingerprint density at radius 3 is 2.85 bits per heavy atom. The Morgan fingerprint density at radius 2 is 2.23 bits per heavy atom. The maximum Gasteiger partial charge on any atom is 0.0640 e. The molecule has 0 radical (unpaired) electrons. The summed E-state index contributed by atoms with van der Waals surface area (Å²) in [5.41, 5.74) is 6.09. The second kappa shape index (κ2) is 3.92. The highest BCUT2D eigenvalue weighted by Crippen LogP contribution is 2.19. The molecule has 4 heteroatoms. The summed E-state index contributed by atoms with van der Waals surface area (Å²) >= 11 is 0. The summed E-state index contributed by atoms with van der Waals surface area (Å²) in [6, 6.07) is 0.312. The lowest BCUT2D eigenvalue weighted by atomic mass is 9.90. The van der Waals surface area contributed by atoms with E-state index in [9.17, 15) is 0 Å². The Balaban J connectivity index is 1.97. The second-order valence-corrected chi connectivity index (χ2v) is 4.20. The minimum atomic E-state index is 0.312. The van der Waals surface area contributed by atoms with E-state index in [0.717, 1.165) is 26.2 Å². The molecule has 0 amide bonds. The maximum atomic E-state index is 6.09. The van der Waals surface area contributed by atoms with E-state index < -0.39 is 0 Å². The van der Waals surface area contributed by atoms with Gasteiger partial charge in [0.2, 0.25) is 0 Å². The van der Waals surface area contributed by atoms with E-state index >= 15 is 0 Å². The van der Waals surface area contributed by atoms with E-state index in [2.05, 4.69) is 22.6 Å². The highest BCUT2D eigenvalue weighted by atomic mass is 15.3. The molecule has 0 aromatic carbocycles. The minimum Gasteiger partial charge on any atom is -0.326 e. The van der Waals surface area contributed by atoms with Crippen LogP contribution in [0.1, 0.15) is 6.42 Å². The van der Waals surface area contributed by atoms with Crippen LogP contribution < -0.4 is 16.4 Å². The van der Waals surface area contributed by atoms with Gasteiger partial charge in [0, 0.05) is 31.6 Å².